The first-order valence-corrected chi connectivity index (χ1v) is 4.56. The first-order chi connectivity index (χ1) is 7.34. The molecule has 6 nitrogen and oxygen atoms in total. The Kier molecular flexibility index (Phi) is 5.28. The number of rotatable bonds is 6. The van der Waals surface area contributed by atoms with Gasteiger partial charge in [-0.05, 0) is 0 Å². The molecule has 0 atom stereocenters. The van der Waals surface area contributed by atoms with E-state index in [-0.39, 0.29) is 19.1 Å². The highest BCUT2D eigenvalue weighted by Gasteiger charge is 2.03. The number of hydrogen-bond donors (Lipinski definition) is 2. The van der Waals surface area contributed by atoms with Crippen LogP contribution in [0.25, 0.3) is 0 Å². The Balaban J connectivity index is 2.20. The summed E-state index contributed by atoms with van der Waals surface area (Å²) in [5, 5.41) is 11.1. The first-order valence-electron chi connectivity index (χ1n) is 4.56. The molecule has 2 N–H and O–H groups in total. The van der Waals surface area contributed by atoms with Crippen LogP contribution in [0.4, 0.5) is 0 Å². The highest BCUT2D eigenvalue weighted by atomic mass is 16.5. The lowest BCUT2D eigenvalue weighted by molar-refractivity contribution is 0.0837. The molecule has 0 spiro atoms. The Morgan fingerprint density at radius 1 is 1.40 bits per heavy atom. The van der Waals surface area contributed by atoms with Crippen LogP contribution in [-0.2, 0) is 4.74 Å². The lowest BCUT2D eigenvalue weighted by Gasteiger charge is -2.04. The minimum atomic E-state index is -0.233. The number of carbonyl (C=O) groups excluding carboxylic acids is 1. The van der Waals surface area contributed by atoms with Crippen molar-refractivity contribution in [3.8, 4) is 0 Å². The zero-order valence-corrected chi connectivity index (χ0v) is 8.22. The van der Waals surface area contributed by atoms with Gasteiger partial charge in [-0.2, -0.15) is 0 Å². The van der Waals surface area contributed by atoms with Gasteiger partial charge in [0.15, 0.2) is 0 Å². The van der Waals surface area contributed by atoms with Gasteiger partial charge in [-0.1, -0.05) is 0 Å². The minimum absolute atomic E-state index is 0.0134. The largest absolute Gasteiger partial charge is 0.394 e. The molecule has 1 amide bonds. The van der Waals surface area contributed by atoms with Crippen molar-refractivity contribution in [2.75, 3.05) is 26.4 Å². The zero-order valence-electron chi connectivity index (χ0n) is 8.22. The second kappa shape index (κ2) is 6.86. The lowest BCUT2D eigenvalue weighted by Crippen LogP contribution is -2.27. The number of aromatic nitrogens is 2. The van der Waals surface area contributed by atoms with E-state index in [9.17, 15) is 4.79 Å². The number of aliphatic hydroxyl groups is 1. The maximum Gasteiger partial charge on any atom is 0.254 e. The summed E-state index contributed by atoms with van der Waals surface area (Å²) >= 11 is 0. The summed E-state index contributed by atoms with van der Waals surface area (Å²) in [6, 6.07) is 0. The average Bonchev–Trinajstić information content (AvgIpc) is 2.30. The molecule has 1 aromatic rings. The molecule has 0 unspecified atom stereocenters. The molecule has 0 aromatic carbocycles. The van der Waals surface area contributed by atoms with Gasteiger partial charge in [0.25, 0.3) is 5.91 Å². The molecule has 0 aliphatic heterocycles. The van der Waals surface area contributed by atoms with Crippen LogP contribution in [0, 0.1) is 0 Å². The highest BCUT2D eigenvalue weighted by molar-refractivity contribution is 5.93. The highest BCUT2D eigenvalue weighted by Crippen LogP contribution is 1.91. The predicted molar refractivity (Wildman–Crippen MR) is 52.3 cm³/mol. The molecular formula is C9H13N3O3. The molecule has 0 bridgehead atoms. The van der Waals surface area contributed by atoms with Gasteiger partial charge >= 0.3 is 0 Å². The molecule has 82 valence electrons. The van der Waals surface area contributed by atoms with Crippen molar-refractivity contribution in [1.29, 1.82) is 0 Å². The maximum absolute atomic E-state index is 11.4. The third-order valence-corrected chi connectivity index (χ3v) is 1.59. The average molecular weight is 211 g/mol. The second-order valence-electron chi connectivity index (χ2n) is 2.72. The first kappa shape index (κ1) is 11.5. The smallest absolute Gasteiger partial charge is 0.254 e. The molecule has 0 saturated heterocycles. The van der Waals surface area contributed by atoms with Gasteiger partial charge in [-0.3, -0.25) is 4.79 Å². The molecular weight excluding hydrogens is 198 g/mol. The number of nitrogens with zero attached hydrogens (tertiary/aromatic N) is 2. The molecule has 0 saturated carbocycles. The second-order valence-corrected chi connectivity index (χ2v) is 2.72. The van der Waals surface area contributed by atoms with Crippen molar-refractivity contribution in [2.45, 2.75) is 0 Å². The van der Waals surface area contributed by atoms with Gasteiger partial charge in [0.2, 0.25) is 0 Å². The van der Waals surface area contributed by atoms with E-state index in [2.05, 4.69) is 15.3 Å². The molecule has 1 aromatic heterocycles. The Morgan fingerprint density at radius 3 is 2.80 bits per heavy atom. The van der Waals surface area contributed by atoms with Gasteiger partial charge < -0.3 is 15.2 Å². The van der Waals surface area contributed by atoms with Gasteiger partial charge in [0.1, 0.15) is 6.33 Å². The van der Waals surface area contributed by atoms with E-state index in [1.165, 1.54) is 18.7 Å². The van der Waals surface area contributed by atoms with Gasteiger partial charge in [-0.15, -0.1) is 0 Å². The van der Waals surface area contributed by atoms with Gasteiger partial charge in [0, 0.05) is 18.9 Å². The normalized spacial score (nSPS) is 9.93. The van der Waals surface area contributed by atoms with E-state index in [1.807, 2.05) is 0 Å². The van der Waals surface area contributed by atoms with E-state index in [0.717, 1.165) is 0 Å². The van der Waals surface area contributed by atoms with E-state index in [0.29, 0.717) is 18.7 Å². The number of carbonyl (C=O) groups is 1. The third kappa shape index (κ3) is 4.48. The van der Waals surface area contributed by atoms with Crippen LogP contribution in [0.5, 0.6) is 0 Å². The van der Waals surface area contributed by atoms with E-state index in [1.54, 1.807) is 0 Å². The molecule has 6 heteroatoms. The van der Waals surface area contributed by atoms with Crippen molar-refractivity contribution < 1.29 is 14.6 Å². The number of ether oxygens (including phenoxy) is 1. The Bertz CT molecular complexity index is 292. The molecule has 0 fully saturated rings. The van der Waals surface area contributed by atoms with Crippen LogP contribution in [0.15, 0.2) is 18.7 Å². The Morgan fingerprint density at radius 2 is 2.13 bits per heavy atom. The van der Waals surface area contributed by atoms with Crippen LogP contribution in [0.3, 0.4) is 0 Å². The van der Waals surface area contributed by atoms with Gasteiger partial charge in [-0.25, -0.2) is 9.97 Å². The minimum Gasteiger partial charge on any atom is -0.394 e. The molecule has 0 aliphatic rings. The summed E-state index contributed by atoms with van der Waals surface area (Å²) in [6.07, 6.45) is 4.25. The van der Waals surface area contributed by atoms with Crippen LogP contribution in [-0.4, -0.2) is 47.3 Å². The number of nitrogens with one attached hydrogen (secondary N) is 1. The quantitative estimate of drug-likeness (QED) is 0.603. The Hall–Kier alpha value is -1.53. The Labute approximate surface area is 87.3 Å². The summed E-state index contributed by atoms with van der Waals surface area (Å²) in [5.41, 5.74) is 0.416. The third-order valence-electron chi connectivity index (χ3n) is 1.59. The summed E-state index contributed by atoms with van der Waals surface area (Å²) in [6.45, 7) is 1.04. The van der Waals surface area contributed by atoms with Crippen LogP contribution >= 0.6 is 0 Å². The summed E-state index contributed by atoms with van der Waals surface area (Å²) in [5.74, 6) is -0.233. The van der Waals surface area contributed by atoms with Crippen molar-refractivity contribution >= 4 is 5.91 Å². The summed E-state index contributed by atoms with van der Waals surface area (Å²) < 4.78 is 4.97. The van der Waals surface area contributed by atoms with Crippen molar-refractivity contribution in [1.82, 2.24) is 15.3 Å². The number of amides is 1. The lowest BCUT2D eigenvalue weighted by atomic mass is 10.3. The summed E-state index contributed by atoms with van der Waals surface area (Å²) in [7, 11) is 0. The van der Waals surface area contributed by atoms with E-state index >= 15 is 0 Å². The predicted octanol–water partition coefficient (Wildman–Crippen LogP) is -0.785. The topological polar surface area (TPSA) is 84.3 Å². The molecule has 0 radical (unpaired) electrons. The number of hydrogen-bond acceptors (Lipinski definition) is 5. The fourth-order valence-electron chi connectivity index (χ4n) is 0.922. The fourth-order valence-corrected chi connectivity index (χ4v) is 0.922. The standard InChI is InChI=1S/C9H13N3O3/c13-2-4-15-3-1-12-9(14)8-5-10-7-11-6-8/h5-7,13H,1-4H2,(H,12,14). The fraction of sp³-hybridized carbons (Fsp3) is 0.444. The molecule has 1 rings (SSSR count). The van der Waals surface area contributed by atoms with Crippen molar-refractivity contribution in [2.24, 2.45) is 0 Å². The van der Waals surface area contributed by atoms with E-state index in [4.69, 9.17) is 9.84 Å². The summed E-state index contributed by atoms with van der Waals surface area (Å²) in [4.78, 5) is 18.8. The van der Waals surface area contributed by atoms with Crippen LogP contribution < -0.4 is 5.32 Å². The van der Waals surface area contributed by atoms with Gasteiger partial charge in [0.05, 0.1) is 25.4 Å². The number of aliphatic hydroxyl groups excluding tert-OH is 1. The molecule has 0 aliphatic carbocycles. The van der Waals surface area contributed by atoms with Crippen LogP contribution in [0.1, 0.15) is 10.4 Å². The van der Waals surface area contributed by atoms with Crippen molar-refractivity contribution in [3.05, 3.63) is 24.3 Å². The van der Waals surface area contributed by atoms with Crippen molar-refractivity contribution in [3.63, 3.8) is 0 Å². The van der Waals surface area contributed by atoms with Crippen LogP contribution in [0.2, 0.25) is 0 Å². The molecule has 15 heavy (non-hydrogen) atoms. The SMILES string of the molecule is O=C(NCCOCCO)c1cncnc1. The maximum atomic E-state index is 11.4. The monoisotopic (exact) mass is 211 g/mol. The molecule has 1 heterocycles. The van der Waals surface area contributed by atoms with E-state index < -0.39 is 0 Å². The zero-order chi connectivity index (χ0) is 10.9.